The summed E-state index contributed by atoms with van der Waals surface area (Å²) < 4.78 is 19.1. The fourth-order valence-electron chi connectivity index (χ4n) is 4.51. The molecule has 0 heterocycles. The fraction of sp³-hybridized carbons (Fsp3) is 0.448. The number of aryl methyl sites for hydroxylation is 1. The third-order valence-electron chi connectivity index (χ3n) is 6.57. The van der Waals surface area contributed by atoms with Gasteiger partial charge in [0.05, 0.1) is 17.2 Å². The number of hydrogen-bond donors (Lipinski definition) is 0. The lowest BCUT2D eigenvalue weighted by Crippen LogP contribution is -2.13. The van der Waals surface area contributed by atoms with Crippen LogP contribution in [0.4, 0.5) is 4.39 Å². The van der Waals surface area contributed by atoms with Gasteiger partial charge in [-0.1, -0.05) is 56.9 Å². The molecule has 0 aliphatic heterocycles. The maximum absolute atomic E-state index is 13.9. The minimum Gasteiger partial charge on any atom is -0.420 e. The minimum absolute atomic E-state index is 0.178. The number of benzene rings is 2. The minimum atomic E-state index is -0.726. The van der Waals surface area contributed by atoms with E-state index in [1.807, 2.05) is 18.2 Å². The van der Waals surface area contributed by atoms with Gasteiger partial charge >= 0.3 is 5.97 Å². The highest BCUT2D eigenvalue weighted by atomic mass is 19.1. The van der Waals surface area contributed by atoms with Crippen LogP contribution in [0.1, 0.15) is 86.2 Å². The molecule has 0 bridgehead atoms. The summed E-state index contributed by atoms with van der Waals surface area (Å²) in [6.07, 6.45) is 17.5. The van der Waals surface area contributed by atoms with Gasteiger partial charge in [-0.2, -0.15) is 5.26 Å². The molecule has 0 spiro atoms. The molecule has 33 heavy (non-hydrogen) atoms. The van der Waals surface area contributed by atoms with Gasteiger partial charge in [0.15, 0.2) is 11.6 Å². The van der Waals surface area contributed by atoms with Gasteiger partial charge in [0.25, 0.3) is 0 Å². The van der Waals surface area contributed by atoms with E-state index < -0.39 is 11.8 Å². The number of rotatable bonds is 10. The summed E-state index contributed by atoms with van der Waals surface area (Å²) in [4.78, 5) is 12.3. The van der Waals surface area contributed by atoms with Crippen LogP contribution in [0, 0.1) is 29.0 Å². The molecule has 2 aromatic carbocycles. The number of allylic oxidation sites excluding steroid dienone is 2. The third-order valence-corrected chi connectivity index (χ3v) is 6.57. The molecule has 1 fully saturated rings. The van der Waals surface area contributed by atoms with Gasteiger partial charge in [0, 0.05) is 0 Å². The van der Waals surface area contributed by atoms with Crippen molar-refractivity contribution in [2.75, 3.05) is 0 Å². The number of ether oxygens (including phenoxy) is 1. The Morgan fingerprint density at radius 2 is 1.88 bits per heavy atom. The number of carbonyl (C=O) groups is 1. The molecule has 3 rings (SSSR count). The van der Waals surface area contributed by atoms with Gasteiger partial charge in [0.2, 0.25) is 0 Å². The van der Waals surface area contributed by atoms with Crippen molar-refractivity contribution in [3.8, 4) is 11.8 Å². The van der Waals surface area contributed by atoms with Crippen LogP contribution in [0.2, 0.25) is 0 Å². The summed E-state index contributed by atoms with van der Waals surface area (Å²) in [5.74, 6) is 0.154. The molecule has 1 saturated carbocycles. The monoisotopic (exact) mass is 447 g/mol. The smallest absolute Gasteiger partial charge is 0.343 e. The average molecular weight is 448 g/mol. The zero-order chi connectivity index (χ0) is 23.5. The highest BCUT2D eigenvalue weighted by molar-refractivity contribution is 5.91. The molecule has 1 aliphatic rings. The van der Waals surface area contributed by atoms with Crippen molar-refractivity contribution in [3.63, 3.8) is 0 Å². The summed E-state index contributed by atoms with van der Waals surface area (Å²) in [5, 5.41) is 8.80. The topological polar surface area (TPSA) is 50.1 Å². The summed E-state index contributed by atoms with van der Waals surface area (Å²) in [6.45, 7) is 2.27. The normalized spacial score (nSPS) is 18.2. The second kappa shape index (κ2) is 12.9. The average Bonchev–Trinajstić information content (AvgIpc) is 2.84. The molecule has 1 aliphatic carbocycles. The molecule has 0 amide bonds. The molecule has 3 nitrogen and oxygen atoms in total. The summed E-state index contributed by atoms with van der Waals surface area (Å²) in [6, 6.07) is 12.9. The number of hydrogen-bond acceptors (Lipinski definition) is 3. The maximum Gasteiger partial charge on any atom is 0.343 e. The highest BCUT2D eigenvalue weighted by Crippen LogP contribution is 2.32. The Labute approximate surface area is 197 Å². The first-order valence-electron chi connectivity index (χ1n) is 12.3. The van der Waals surface area contributed by atoms with E-state index in [4.69, 9.17) is 10.00 Å². The van der Waals surface area contributed by atoms with Crippen molar-refractivity contribution in [1.82, 2.24) is 0 Å². The van der Waals surface area contributed by atoms with Crippen molar-refractivity contribution in [3.05, 3.63) is 77.1 Å². The number of esters is 1. The summed E-state index contributed by atoms with van der Waals surface area (Å²) in [5.41, 5.74) is 1.70. The number of nitrogens with zero attached hydrogens (tertiary/aromatic N) is 1. The van der Waals surface area contributed by atoms with E-state index in [-0.39, 0.29) is 11.3 Å². The van der Waals surface area contributed by atoms with Crippen LogP contribution >= 0.6 is 0 Å². The Kier molecular flexibility index (Phi) is 9.69. The highest BCUT2D eigenvalue weighted by Gasteiger charge is 2.18. The van der Waals surface area contributed by atoms with Crippen LogP contribution in [0.15, 0.2) is 54.6 Å². The molecular weight excluding hydrogens is 413 g/mol. The maximum atomic E-state index is 13.9. The molecule has 0 radical (unpaired) electrons. The van der Waals surface area contributed by atoms with Crippen molar-refractivity contribution in [1.29, 1.82) is 5.26 Å². The van der Waals surface area contributed by atoms with E-state index in [1.54, 1.807) is 12.1 Å². The lowest BCUT2D eigenvalue weighted by Gasteiger charge is -2.26. The molecule has 0 unspecified atom stereocenters. The number of nitriles is 1. The number of unbranched alkanes of at least 4 members (excludes halogenated alkanes) is 2. The molecule has 0 aromatic heterocycles. The van der Waals surface area contributed by atoms with E-state index in [0.717, 1.165) is 36.3 Å². The van der Waals surface area contributed by atoms with Crippen LogP contribution in [0.25, 0.3) is 0 Å². The Morgan fingerprint density at radius 3 is 2.55 bits per heavy atom. The Morgan fingerprint density at radius 1 is 1.12 bits per heavy atom. The molecule has 0 atom stereocenters. The van der Waals surface area contributed by atoms with Crippen molar-refractivity contribution < 1.29 is 13.9 Å². The molecule has 4 heteroatoms. The Balaban J connectivity index is 1.40. The molecular formula is C29H34FNO2. The Hall–Kier alpha value is -2.93. The van der Waals surface area contributed by atoms with Crippen molar-refractivity contribution in [2.45, 2.75) is 71.1 Å². The zero-order valence-electron chi connectivity index (χ0n) is 19.6. The molecule has 174 valence electrons. The summed E-state index contributed by atoms with van der Waals surface area (Å²) >= 11 is 0. The van der Waals surface area contributed by atoms with Gasteiger partial charge in [-0.3, -0.25) is 0 Å². The zero-order valence-corrected chi connectivity index (χ0v) is 19.6. The standard InChI is InChI=1S/C29H34FNO2/c1-2-3-4-7-22-10-12-23(13-11-22)8-5-6-9-24-14-17-26(18-15-24)29(32)33-28-19-16-25(21-31)20-27(28)30/h5,8,14-20,22-23H,2-4,6-7,9-13H2,1H3. The molecule has 0 N–H and O–H groups in total. The first-order chi connectivity index (χ1) is 16.1. The van der Waals surface area contributed by atoms with E-state index >= 15 is 0 Å². The molecule has 0 saturated heterocycles. The largest absolute Gasteiger partial charge is 0.420 e. The van der Waals surface area contributed by atoms with E-state index in [0.29, 0.717) is 5.56 Å². The Bertz CT molecular complexity index is 966. The van der Waals surface area contributed by atoms with E-state index in [9.17, 15) is 9.18 Å². The number of halogens is 1. The van der Waals surface area contributed by atoms with Crippen LogP contribution in [0.3, 0.4) is 0 Å². The van der Waals surface area contributed by atoms with E-state index in [1.165, 1.54) is 63.5 Å². The number of carbonyl (C=O) groups excluding carboxylic acids is 1. The predicted molar refractivity (Wildman–Crippen MR) is 130 cm³/mol. The third kappa shape index (κ3) is 7.86. The predicted octanol–water partition coefficient (Wildman–Crippen LogP) is 7.79. The van der Waals surface area contributed by atoms with E-state index in [2.05, 4.69) is 19.1 Å². The van der Waals surface area contributed by atoms with Crippen LogP contribution in [0.5, 0.6) is 5.75 Å². The van der Waals surface area contributed by atoms with Crippen molar-refractivity contribution in [2.24, 2.45) is 11.8 Å². The van der Waals surface area contributed by atoms with Crippen LogP contribution in [-0.4, -0.2) is 5.97 Å². The van der Waals surface area contributed by atoms with Gasteiger partial charge in [-0.05, 0) is 86.3 Å². The van der Waals surface area contributed by atoms with Crippen LogP contribution < -0.4 is 4.74 Å². The quantitative estimate of drug-likeness (QED) is 0.162. The second-order valence-electron chi connectivity index (χ2n) is 9.09. The van der Waals surface area contributed by atoms with Crippen molar-refractivity contribution >= 4 is 5.97 Å². The first-order valence-corrected chi connectivity index (χ1v) is 12.3. The van der Waals surface area contributed by atoms with Crippen LogP contribution in [-0.2, 0) is 6.42 Å². The van der Waals surface area contributed by atoms with Gasteiger partial charge < -0.3 is 4.74 Å². The lowest BCUT2D eigenvalue weighted by atomic mass is 9.79. The molecule has 2 aromatic rings. The van der Waals surface area contributed by atoms with Gasteiger partial charge in [-0.25, -0.2) is 9.18 Å². The lowest BCUT2D eigenvalue weighted by molar-refractivity contribution is 0.0728. The summed E-state index contributed by atoms with van der Waals surface area (Å²) in [7, 11) is 0. The first kappa shape index (κ1) is 24.7. The second-order valence-corrected chi connectivity index (χ2v) is 9.09. The fourth-order valence-corrected chi connectivity index (χ4v) is 4.51. The van der Waals surface area contributed by atoms with Gasteiger partial charge in [0.1, 0.15) is 0 Å². The SMILES string of the molecule is CCCCCC1CCC(C=CCCc2ccc(C(=O)Oc3ccc(C#N)cc3F)cc2)CC1. The van der Waals surface area contributed by atoms with Gasteiger partial charge in [-0.15, -0.1) is 0 Å².